The molecule has 2 fully saturated rings. The molecule has 1 aromatic carbocycles. The number of nitrogens with one attached hydrogen (secondary N) is 1. The van der Waals surface area contributed by atoms with Gasteiger partial charge in [-0.3, -0.25) is 28.9 Å². The van der Waals surface area contributed by atoms with Gasteiger partial charge in [-0.1, -0.05) is 12.8 Å². The smallest absolute Gasteiger partial charge is 0.308 e. The number of likely N-dealkylation sites (tertiary alicyclic amines) is 1. The van der Waals surface area contributed by atoms with Crippen LogP contribution >= 0.6 is 0 Å². The molecule has 160 valence electrons. The topological polar surface area (TPSA) is 110 Å². The number of esters is 1. The van der Waals surface area contributed by atoms with E-state index in [-0.39, 0.29) is 48.3 Å². The first-order valence-corrected chi connectivity index (χ1v) is 10.2. The van der Waals surface area contributed by atoms with E-state index in [2.05, 4.69) is 5.32 Å². The monoisotopic (exact) mass is 414 g/mol. The van der Waals surface area contributed by atoms with Crippen molar-refractivity contribution in [2.24, 2.45) is 11.8 Å². The Hall–Kier alpha value is -3.03. The van der Waals surface area contributed by atoms with Crippen molar-refractivity contribution in [3.8, 4) is 0 Å². The fraction of sp³-hybridized carbons (Fsp3) is 0.500. The number of ketones is 1. The summed E-state index contributed by atoms with van der Waals surface area (Å²) >= 11 is 0. The van der Waals surface area contributed by atoms with Gasteiger partial charge in [-0.25, -0.2) is 0 Å². The Balaban J connectivity index is 1.50. The fourth-order valence-electron chi connectivity index (χ4n) is 4.12. The summed E-state index contributed by atoms with van der Waals surface area (Å²) in [7, 11) is 0. The van der Waals surface area contributed by atoms with Gasteiger partial charge >= 0.3 is 5.97 Å². The number of carbonyl (C=O) groups excluding carboxylic acids is 5. The SMILES string of the molecule is CC(=O)Nc1ccc(C(=O)[C@H](C)OC(=O)CCN2C(=O)[C@H]3CCCC[C@H]3C2=O)cc1. The van der Waals surface area contributed by atoms with Gasteiger partial charge in [-0.2, -0.15) is 0 Å². The molecule has 0 aromatic heterocycles. The van der Waals surface area contributed by atoms with Gasteiger partial charge in [0.25, 0.3) is 0 Å². The van der Waals surface area contributed by atoms with Crippen molar-refractivity contribution in [1.82, 2.24) is 4.90 Å². The lowest BCUT2D eigenvalue weighted by Crippen LogP contribution is -2.34. The molecule has 3 rings (SSSR count). The number of carbonyl (C=O) groups is 5. The minimum absolute atomic E-state index is 0.0180. The predicted octanol–water partition coefficient (Wildman–Crippen LogP) is 2.32. The highest BCUT2D eigenvalue weighted by molar-refractivity contribution is 6.05. The second kappa shape index (κ2) is 9.19. The molecule has 1 saturated carbocycles. The lowest BCUT2D eigenvalue weighted by molar-refractivity contribution is -0.148. The molecule has 30 heavy (non-hydrogen) atoms. The summed E-state index contributed by atoms with van der Waals surface area (Å²) in [6, 6.07) is 6.27. The average Bonchev–Trinajstić information content (AvgIpc) is 2.96. The molecule has 1 aliphatic carbocycles. The van der Waals surface area contributed by atoms with Crippen LogP contribution in [-0.2, 0) is 23.9 Å². The number of Topliss-reactive ketones (excluding diaryl/α,β-unsaturated/α-hetero) is 1. The van der Waals surface area contributed by atoms with E-state index in [0.29, 0.717) is 11.3 Å². The van der Waals surface area contributed by atoms with Crippen LogP contribution in [0.25, 0.3) is 0 Å². The van der Waals surface area contributed by atoms with Crippen LogP contribution < -0.4 is 5.32 Å². The van der Waals surface area contributed by atoms with Crippen LogP contribution in [0.1, 0.15) is 56.3 Å². The van der Waals surface area contributed by atoms with Crippen molar-refractivity contribution in [3.05, 3.63) is 29.8 Å². The number of nitrogens with zero attached hydrogens (tertiary/aromatic N) is 1. The highest BCUT2D eigenvalue weighted by Gasteiger charge is 2.47. The van der Waals surface area contributed by atoms with Crippen LogP contribution in [-0.4, -0.2) is 47.0 Å². The molecule has 1 aliphatic heterocycles. The Morgan fingerprint density at radius 3 is 2.17 bits per heavy atom. The number of anilines is 1. The van der Waals surface area contributed by atoms with Gasteiger partial charge in [0, 0.05) is 24.7 Å². The maximum absolute atomic E-state index is 12.5. The number of ether oxygens (including phenoxy) is 1. The Labute approximate surface area is 174 Å². The van der Waals surface area contributed by atoms with E-state index in [1.165, 1.54) is 18.7 Å². The van der Waals surface area contributed by atoms with Crippen molar-refractivity contribution in [2.75, 3.05) is 11.9 Å². The summed E-state index contributed by atoms with van der Waals surface area (Å²) < 4.78 is 5.20. The third kappa shape index (κ3) is 4.75. The zero-order chi connectivity index (χ0) is 21.8. The molecule has 0 radical (unpaired) electrons. The van der Waals surface area contributed by atoms with Crippen LogP contribution in [0.2, 0.25) is 0 Å². The molecular weight excluding hydrogens is 388 g/mol. The molecule has 2 aliphatic rings. The third-order valence-electron chi connectivity index (χ3n) is 5.64. The van der Waals surface area contributed by atoms with E-state index in [4.69, 9.17) is 4.74 Å². The maximum Gasteiger partial charge on any atom is 0.308 e. The zero-order valence-corrected chi connectivity index (χ0v) is 17.2. The van der Waals surface area contributed by atoms with Crippen LogP contribution in [0, 0.1) is 11.8 Å². The predicted molar refractivity (Wildman–Crippen MR) is 107 cm³/mol. The number of rotatable bonds is 7. The second-order valence-electron chi connectivity index (χ2n) is 7.83. The molecule has 0 unspecified atom stereocenters. The molecule has 8 heteroatoms. The number of fused-ring (bicyclic) bond motifs is 1. The van der Waals surface area contributed by atoms with Gasteiger partial charge < -0.3 is 10.1 Å². The summed E-state index contributed by atoms with van der Waals surface area (Å²) in [4.78, 5) is 61.8. The van der Waals surface area contributed by atoms with Gasteiger partial charge in [0.15, 0.2) is 6.10 Å². The Kier molecular flexibility index (Phi) is 6.64. The summed E-state index contributed by atoms with van der Waals surface area (Å²) in [6.45, 7) is 2.84. The third-order valence-corrected chi connectivity index (χ3v) is 5.64. The van der Waals surface area contributed by atoms with Gasteiger partial charge in [0.1, 0.15) is 0 Å². The van der Waals surface area contributed by atoms with Crippen molar-refractivity contribution < 1.29 is 28.7 Å². The van der Waals surface area contributed by atoms with E-state index in [9.17, 15) is 24.0 Å². The first-order valence-electron chi connectivity index (χ1n) is 10.2. The van der Waals surface area contributed by atoms with E-state index in [1.54, 1.807) is 24.3 Å². The molecule has 0 bridgehead atoms. The largest absolute Gasteiger partial charge is 0.454 e. The minimum Gasteiger partial charge on any atom is -0.454 e. The molecular formula is C22H26N2O6. The summed E-state index contributed by atoms with van der Waals surface area (Å²) in [5.41, 5.74) is 0.905. The summed E-state index contributed by atoms with van der Waals surface area (Å²) in [5.74, 6) is -2.11. The normalized spacial score (nSPS) is 21.7. The Morgan fingerprint density at radius 1 is 1.07 bits per heavy atom. The van der Waals surface area contributed by atoms with E-state index >= 15 is 0 Å². The molecule has 1 saturated heterocycles. The standard InChI is InChI=1S/C22H26N2O6/c1-13(20(27)15-7-9-16(10-8-15)23-14(2)25)30-19(26)11-12-24-21(28)17-5-3-4-6-18(17)22(24)29/h7-10,13,17-18H,3-6,11-12H2,1-2H3,(H,23,25)/t13-,17-,18+/m0/s1. The highest BCUT2D eigenvalue weighted by Crippen LogP contribution is 2.38. The fourth-order valence-corrected chi connectivity index (χ4v) is 4.12. The Bertz CT molecular complexity index is 839. The molecule has 0 spiro atoms. The quantitative estimate of drug-likeness (QED) is 0.417. The molecule has 8 nitrogen and oxygen atoms in total. The maximum atomic E-state index is 12.5. The zero-order valence-electron chi connectivity index (χ0n) is 17.2. The second-order valence-corrected chi connectivity index (χ2v) is 7.83. The first-order chi connectivity index (χ1) is 14.3. The Morgan fingerprint density at radius 2 is 1.63 bits per heavy atom. The number of hydrogen-bond acceptors (Lipinski definition) is 6. The number of hydrogen-bond donors (Lipinski definition) is 1. The molecule has 3 atom stereocenters. The summed E-state index contributed by atoms with van der Waals surface area (Å²) in [6.07, 6.45) is 2.20. The van der Waals surface area contributed by atoms with E-state index < -0.39 is 12.1 Å². The van der Waals surface area contributed by atoms with Crippen LogP contribution in [0.3, 0.4) is 0 Å². The van der Waals surface area contributed by atoms with Crippen LogP contribution in [0.15, 0.2) is 24.3 Å². The average molecular weight is 414 g/mol. The van der Waals surface area contributed by atoms with Gasteiger partial charge in [-0.05, 0) is 44.0 Å². The number of imide groups is 1. The van der Waals surface area contributed by atoms with Crippen molar-refractivity contribution >= 4 is 35.2 Å². The van der Waals surface area contributed by atoms with Crippen LogP contribution in [0.4, 0.5) is 5.69 Å². The van der Waals surface area contributed by atoms with E-state index in [0.717, 1.165) is 25.7 Å². The van der Waals surface area contributed by atoms with E-state index in [1.807, 2.05) is 0 Å². The number of amides is 3. The van der Waals surface area contributed by atoms with Gasteiger partial charge in [0.2, 0.25) is 23.5 Å². The molecule has 3 amide bonds. The lowest BCUT2D eigenvalue weighted by atomic mass is 9.81. The van der Waals surface area contributed by atoms with Crippen LogP contribution in [0.5, 0.6) is 0 Å². The lowest BCUT2D eigenvalue weighted by Gasteiger charge is -2.19. The highest BCUT2D eigenvalue weighted by atomic mass is 16.5. The summed E-state index contributed by atoms with van der Waals surface area (Å²) in [5, 5.41) is 2.61. The molecule has 1 aromatic rings. The van der Waals surface area contributed by atoms with Crippen molar-refractivity contribution in [2.45, 2.75) is 52.1 Å². The molecule has 1 heterocycles. The van der Waals surface area contributed by atoms with Gasteiger partial charge in [0.05, 0.1) is 18.3 Å². The number of benzene rings is 1. The minimum atomic E-state index is -1.00. The van der Waals surface area contributed by atoms with Crippen molar-refractivity contribution in [3.63, 3.8) is 0 Å². The van der Waals surface area contributed by atoms with Crippen molar-refractivity contribution in [1.29, 1.82) is 0 Å². The molecule has 1 N–H and O–H groups in total. The van der Waals surface area contributed by atoms with Gasteiger partial charge in [-0.15, -0.1) is 0 Å². The first kappa shape index (κ1) is 21.7.